The number of aliphatic hydroxyl groups excluding tert-OH is 1. The van der Waals surface area contributed by atoms with Crippen molar-refractivity contribution in [1.82, 2.24) is 5.32 Å². The second-order valence-electron chi connectivity index (χ2n) is 6.26. The molecule has 0 aromatic heterocycles. The summed E-state index contributed by atoms with van der Waals surface area (Å²) in [5.41, 5.74) is 1.97. The third-order valence-corrected chi connectivity index (χ3v) is 4.27. The normalized spacial score (nSPS) is 14.6. The lowest BCUT2D eigenvalue weighted by atomic mass is 10.1. The molecule has 2 N–H and O–H groups in total. The second kappa shape index (κ2) is 8.03. The predicted octanol–water partition coefficient (Wildman–Crippen LogP) is 2.66. The zero-order chi connectivity index (χ0) is 17.6. The predicted molar refractivity (Wildman–Crippen MR) is 94.3 cm³/mol. The topological polar surface area (TPSA) is 67.8 Å². The van der Waals surface area contributed by atoms with Crippen LogP contribution in [-0.4, -0.2) is 24.2 Å². The van der Waals surface area contributed by atoms with Crippen LogP contribution in [0.2, 0.25) is 0 Å². The minimum absolute atomic E-state index is 0.128. The Hall–Kier alpha value is -2.53. The fourth-order valence-corrected chi connectivity index (χ4v) is 2.60. The Balaban J connectivity index is 1.58. The van der Waals surface area contributed by atoms with Crippen molar-refractivity contribution in [2.75, 3.05) is 7.11 Å². The molecule has 0 heterocycles. The van der Waals surface area contributed by atoms with Crippen LogP contribution in [0, 0.1) is 5.92 Å². The number of rotatable bonds is 8. The summed E-state index contributed by atoms with van der Waals surface area (Å²) in [6.45, 7) is 0.804. The molecule has 1 saturated carbocycles. The van der Waals surface area contributed by atoms with Gasteiger partial charge in [-0.05, 0) is 42.0 Å². The van der Waals surface area contributed by atoms with E-state index >= 15 is 0 Å². The Kier molecular flexibility index (Phi) is 5.56. The fourth-order valence-electron chi connectivity index (χ4n) is 2.60. The molecule has 132 valence electrons. The number of methoxy groups -OCH3 is 1. The van der Waals surface area contributed by atoms with Crippen molar-refractivity contribution in [3.63, 3.8) is 0 Å². The molecule has 1 unspecified atom stereocenters. The van der Waals surface area contributed by atoms with E-state index in [-0.39, 0.29) is 11.8 Å². The molecule has 5 heteroatoms. The van der Waals surface area contributed by atoms with Crippen LogP contribution in [0.5, 0.6) is 11.5 Å². The zero-order valence-electron chi connectivity index (χ0n) is 14.3. The Bertz CT molecular complexity index is 713. The molecule has 1 fully saturated rings. The Morgan fingerprint density at radius 1 is 1.16 bits per heavy atom. The lowest BCUT2D eigenvalue weighted by Gasteiger charge is -2.14. The Labute approximate surface area is 147 Å². The molecule has 2 aromatic carbocycles. The lowest BCUT2D eigenvalue weighted by Crippen LogP contribution is -2.35. The first-order valence-corrected chi connectivity index (χ1v) is 8.47. The molecule has 0 radical (unpaired) electrons. The number of hydrogen-bond donors (Lipinski definition) is 2. The molecule has 5 nitrogen and oxygen atoms in total. The van der Waals surface area contributed by atoms with Crippen LogP contribution in [0.3, 0.4) is 0 Å². The number of amides is 1. The molecular weight excluding hydrogens is 318 g/mol. The van der Waals surface area contributed by atoms with Crippen molar-refractivity contribution in [1.29, 1.82) is 0 Å². The van der Waals surface area contributed by atoms with Crippen molar-refractivity contribution in [3.05, 3.63) is 59.7 Å². The third kappa shape index (κ3) is 4.73. The van der Waals surface area contributed by atoms with Gasteiger partial charge in [0.25, 0.3) is 0 Å². The maximum atomic E-state index is 11.9. The van der Waals surface area contributed by atoms with Crippen molar-refractivity contribution < 1.29 is 19.4 Å². The summed E-state index contributed by atoms with van der Waals surface area (Å²) < 4.78 is 11.2. The number of carbonyl (C=O) groups is 1. The highest BCUT2D eigenvalue weighted by molar-refractivity contribution is 5.81. The van der Waals surface area contributed by atoms with E-state index in [2.05, 4.69) is 5.32 Å². The Morgan fingerprint density at radius 3 is 2.60 bits per heavy atom. The van der Waals surface area contributed by atoms with E-state index in [4.69, 9.17) is 9.47 Å². The summed E-state index contributed by atoms with van der Waals surface area (Å²) in [7, 11) is 1.59. The minimum Gasteiger partial charge on any atom is -0.493 e. The van der Waals surface area contributed by atoms with Gasteiger partial charge in [0.15, 0.2) is 11.5 Å². The van der Waals surface area contributed by atoms with Crippen LogP contribution in [0.4, 0.5) is 0 Å². The van der Waals surface area contributed by atoms with Gasteiger partial charge in [0.2, 0.25) is 5.91 Å². The fraction of sp³-hybridized carbons (Fsp3) is 0.350. The highest BCUT2D eigenvalue weighted by Gasteiger charge is 2.34. The summed E-state index contributed by atoms with van der Waals surface area (Å²) in [6.07, 6.45) is 0.960. The number of aliphatic hydroxyl groups is 1. The maximum Gasteiger partial charge on any atom is 0.249 e. The van der Waals surface area contributed by atoms with Crippen LogP contribution in [-0.2, 0) is 17.9 Å². The van der Waals surface area contributed by atoms with Gasteiger partial charge in [-0.25, -0.2) is 0 Å². The van der Waals surface area contributed by atoms with Crippen molar-refractivity contribution in [3.8, 4) is 11.5 Å². The van der Waals surface area contributed by atoms with Gasteiger partial charge in [-0.15, -0.1) is 0 Å². The van der Waals surface area contributed by atoms with Crippen LogP contribution < -0.4 is 14.8 Å². The monoisotopic (exact) mass is 341 g/mol. The number of benzene rings is 2. The molecule has 3 rings (SSSR count). The van der Waals surface area contributed by atoms with Gasteiger partial charge in [0.05, 0.1) is 7.11 Å². The van der Waals surface area contributed by atoms with Crippen LogP contribution in [0.1, 0.15) is 24.0 Å². The molecule has 0 bridgehead atoms. The smallest absolute Gasteiger partial charge is 0.249 e. The summed E-state index contributed by atoms with van der Waals surface area (Å²) in [5, 5.41) is 12.6. The zero-order valence-corrected chi connectivity index (χ0v) is 14.3. The van der Waals surface area contributed by atoms with Gasteiger partial charge in [-0.1, -0.05) is 36.4 Å². The first kappa shape index (κ1) is 17.3. The molecule has 0 aliphatic heterocycles. The molecular formula is C20H23NO4. The minimum atomic E-state index is -0.893. The van der Waals surface area contributed by atoms with Gasteiger partial charge in [0, 0.05) is 6.54 Å². The highest BCUT2D eigenvalue weighted by Crippen LogP contribution is 2.32. The third-order valence-electron chi connectivity index (χ3n) is 4.27. The molecule has 1 aliphatic rings. The first-order chi connectivity index (χ1) is 12.2. The average Bonchev–Trinajstić information content (AvgIpc) is 3.50. The van der Waals surface area contributed by atoms with E-state index in [1.165, 1.54) is 0 Å². The number of ether oxygens (including phenoxy) is 2. The summed E-state index contributed by atoms with van der Waals surface area (Å²) in [6, 6.07) is 15.5. The van der Waals surface area contributed by atoms with Gasteiger partial charge < -0.3 is 19.9 Å². The van der Waals surface area contributed by atoms with E-state index in [1.54, 1.807) is 7.11 Å². The largest absolute Gasteiger partial charge is 0.493 e. The van der Waals surface area contributed by atoms with Crippen LogP contribution >= 0.6 is 0 Å². The van der Waals surface area contributed by atoms with Crippen molar-refractivity contribution >= 4 is 5.91 Å². The van der Waals surface area contributed by atoms with Gasteiger partial charge >= 0.3 is 0 Å². The molecule has 2 aromatic rings. The van der Waals surface area contributed by atoms with Gasteiger partial charge in [-0.3, -0.25) is 4.79 Å². The standard InChI is InChI=1S/C20H23NO4/c1-24-18-11-15(12-21-20(23)19(22)16-8-9-16)7-10-17(18)25-13-14-5-3-2-4-6-14/h2-7,10-11,16,19,22H,8-9,12-13H2,1H3,(H,21,23). The Morgan fingerprint density at radius 2 is 1.92 bits per heavy atom. The van der Waals surface area contributed by atoms with Crippen molar-refractivity contribution in [2.24, 2.45) is 5.92 Å². The van der Waals surface area contributed by atoms with Crippen LogP contribution in [0.25, 0.3) is 0 Å². The van der Waals surface area contributed by atoms with Gasteiger partial charge in [0.1, 0.15) is 12.7 Å². The molecule has 1 aliphatic carbocycles. The van der Waals surface area contributed by atoms with Gasteiger partial charge in [-0.2, -0.15) is 0 Å². The first-order valence-electron chi connectivity index (χ1n) is 8.47. The quantitative estimate of drug-likeness (QED) is 0.775. The second-order valence-corrected chi connectivity index (χ2v) is 6.26. The number of hydrogen-bond acceptors (Lipinski definition) is 4. The SMILES string of the molecule is COc1cc(CNC(=O)C(O)C2CC2)ccc1OCc1ccccc1. The van der Waals surface area contributed by atoms with Crippen molar-refractivity contribution in [2.45, 2.75) is 32.1 Å². The molecule has 0 spiro atoms. The molecule has 25 heavy (non-hydrogen) atoms. The van der Waals surface area contributed by atoms with E-state index in [0.717, 1.165) is 24.0 Å². The van der Waals surface area contributed by atoms with E-state index in [9.17, 15) is 9.90 Å². The highest BCUT2D eigenvalue weighted by atomic mass is 16.5. The number of carbonyl (C=O) groups excluding carboxylic acids is 1. The molecule has 1 atom stereocenters. The average molecular weight is 341 g/mol. The molecule has 0 saturated heterocycles. The van der Waals surface area contributed by atoms with Crippen LogP contribution in [0.15, 0.2) is 48.5 Å². The summed E-state index contributed by atoms with van der Waals surface area (Å²) in [4.78, 5) is 11.9. The van der Waals surface area contributed by atoms with E-state index in [0.29, 0.717) is 24.7 Å². The maximum absolute atomic E-state index is 11.9. The number of nitrogens with one attached hydrogen (secondary N) is 1. The van der Waals surface area contributed by atoms with E-state index in [1.807, 2.05) is 48.5 Å². The molecule has 1 amide bonds. The summed E-state index contributed by atoms with van der Waals surface area (Å²) in [5.74, 6) is 1.08. The summed E-state index contributed by atoms with van der Waals surface area (Å²) >= 11 is 0. The lowest BCUT2D eigenvalue weighted by molar-refractivity contribution is -0.130. The van der Waals surface area contributed by atoms with E-state index < -0.39 is 6.10 Å².